The summed E-state index contributed by atoms with van der Waals surface area (Å²) in [5.74, 6) is 0.197. The molecule has 0 unspecified atom stereocenters. The van der Waals surface area contributed by atoms with Gasteiger partial charge in [0, 0.05) is 67.6 Å². The molecule has 0 N–H and O–H groups in total. The lowest BCUT2D eigenvalue weighted by Crippen LogP contribution is -2.35. The van der Waals surface area contributed by atoms with E-state index < -0.39 is 0 Å². The third-order valence-corrected chi connectivity index (χ3v) is 4.51. The first kappa shape index (κ1) is 14.8. The van der Waals surface area contributed by atoms with Crippen LogP contribution in [0.25, 0.3) is 22.2 Å². The molecule has 0 bridgehead atoms. The minimum atomic E-state index is 0.197. The highest BCUT2D eigenvalue weighted by molar-refractivity contribution is 5.82. The van der Waals surface area contributed by atoms with Gasteiger partial charge in [-0.15, -0.1) is 0 Å². The molecule has 4 rings (SSSR count). The molecule has 0 radical (unpaired) electrons. The second kappa shape index (κ2) is 5.70. The van der Waals surface area contributed by atoms with Gasteiger partial charge in [0.25, 0.3) is 0 Å². The van der Waals surface area contributed by atoms with E-state index in [0.29, 0.717) is 13.0 Å². The van der Waals surface area contributed by atoms with Crippen molar-refractivity contribution >= 4 is 16.9 Å². The predicted octanol–water partition coefficient (Wildman–Crippen LogP) is 2.33. The van der Waals surface area contributed by atoms with Crippen molar-refractivity contribution in [1.82, 2.24) is 24.6 Å². The number of nitrogens with zero attached hydrogens (tertiary/aromatic N) is 5. The van der Waals surface area contributed by atoms with Gasteiger partial charge in [-0.3, -0.25) is 9.48 Å². The highest BCUT2D eigenvalue weighted by Gasteiger charge is 2.21. The molecule has 122 valence electrons. The highest BCUT2D eigenvalue weighted by Crippen LogP contribution is 2.25. The second-order valence-corrected chi connectivity index (χ2v) is 6.19. The molecule has 4 heterocycles. The van der Waals surface area contributed by atoms with Crippen LogP contribution in [0.2, 0.25) is 0 Å². The lowest BCUT2D eigenvalue weighted by molar-refractivity contribution is -0.131. The monoisotopic (exact) mass is 321 g/mol. The first-order valence-electron chi connectivity index (χ1n) is 8.19. The molecule has 24 heavy (non-hydrogen) atoms. The Bertz CT molecular complexity index is 930. The fraction of sp³-hybridized carbons (Fsp3) is 0.333. The van der Waals surface area contributed by atoms with Gasteiger partial charge in [0.15, 0.2) is 5.65 Å². The SMILES string of the molecule is CCC(=O)N1CCc2nc3ncc(-c4cnn(C)c4)cc3cc2C1. The van der Waals surface area contributed by atoms with Gasteiger partial charge in [-0.2, -0.15) is 5.10 Å². The maximum atomic E-state index is 12.0. The number of rotatable bonds is 2. The molecule has 0 saturated heterocycles. The minimum absolute atomic E-state index is 0.197. The summed E-state index contributed by atoms with van der Waals surface area (Å²) in [7, 11) is 1.90. The van der Waals surface area contributed by atoms with Gasteiger partial charge in [-0.1, -0.05) is 6.92 Å². The van der Waals surface area contributed by atoms with Crippen LogP contribution in [0, 0.1) is 0 Å². The van der Waals surface area contributed by atoms with Crippen molar-refractivity contribution in [2.75, 3.05) is 6.54 Å². The molecule has 6 heteroatoms. The Morgan fingerprint density at radius 1 is 1.25 bits per heavy atom. The fourth-order valence-corrected chi connectivity index (χ4v) is 3.19. The third kappa shape index (κ3) is 2.54. The molecule has 0 fully saturated rings. The first-order valence-corrected chi connectivity index (χ1v) is 8.19. The van der Waals surface area contributed by atoms with Gasteiger partial charge in [0.2, 0.25) is 5.91 Å². The zero-order valence-corrected chi connectivity index (χ0v) is 13.9. The maximum absolute atomic E-state index is 12.0. The predicted molar refractivity (Wildman–Crippen MR) is 91.2 cm³/mol. The third-order valence-electron chi connectivity index (χ3n) is 4.51. The molecule has 1 aliphatic rings. The molecule has 3 aromatic rings. The zero-order chi connectivity index (χ0) is 16.7. The van der Waals surface area contributed by atoms with Gasteiger partial charge >= 0.3 is 0 Å². The number of pyridine rings is 2. The van der Waals surface area contributed by atoms with Crippen molar-refractivity contribution in [3.63, 3.8) is 0 Å². The summed E-state index contributed by atoms with van der Waals surface area (Å²) in [6.45, 7) is 3.29. The van der Waals surface area contributed by atoms with Gasteiger partial charge < -0.3 is 4.90 Å². The Kier molecular flexibility index (Phi) is 3.52. The Hall–Kier alpha value is -2.76. The molecular weight excluding hydrogens is 302 g/mol. The van der Waals surface area contributed by atoms with Crippen LogP contribution in [0.15, 0.2) is 30.7 Å². The van der Waals surface area contributed by atoms with Crippen LogP contribution >= 0.6 is 0 Å². The largest absolute Gasteiger partial charge is 0.338 e. The number of fused-ring (bicyclic) bond motifs is 2. The van der Waals surface area contributed by atoms with E-state index in [4.69, 9.17) is 4.98 Å². The van der Waals surface area contributed by atoms with E-state index in [1.165, 1.54) is 0 Å². The van der Waals surface area contributed by atoms with E-state index in [0.717, 1.165) is 46.4 Å². The van der Waals surface area contributed by atoms with E-state index in [-0.39, 0.29) is 5.91 Å². The number of hydrogen-bond acceptors (Lipinski definition) is 4. The first-order chi connectivity index (χ1) is 11.6. The molecular formula is C18H19N5O. The van der Waals surface area contributed by atoms with Crippen LogP contribution in [0.4, 0.5) is 0 Å². The molecule has 0 aromatic carbocycles. The summed E-state index contributed by atoms with van der Waals surface area (Å²) >= 11 is 0. The molecule has 1 aliphatic heterocycles. The van der Waals surface area contributed by atoms with Crippen LogP contribution < -0.4 is 0 Å². The van der Waals surface area contributed by atoms with Crippen LogP contribution in [0.1, 0.15) is 24.6 Å². The van der Waals surface area contributed by atoms with E-state index in [2.05, 4.69) is 22.2 Å². The highest BCUT2D eigenvalue weighted by atomic mass is 16.2. The van der Waals surface area contributed by atoms with E-state index in [9.17, 15) is 4.79 Å². The van der Waals surface area contributed by atoms with Gasteiger partial charge in [0.1, 0.15) is 0 Å². The normalized spacial score (nSPS) is 14.0. The minimum Gasteiger partial charge on any atom is -0.338 e. The quantitative estimate of drug-likeness (QED) is 0.727. The molecule has 0 atom stereocenters. The number of aromatic nitrogens is 4. The molecule has 3 aromatic heterocycles. The molecule has 0 spiro atoms. The lowest BCUT2D eigenvalue weighted by Gasteiger charge is -2.28. The van der Waals surface area contributed by atoms with Crippen molar-refractivity contribution < 1.29 is 4.79 Å². The number of hydrogen-bond donors (Lipinski definition) is 0. The summed E-state index contributed by atoms with van der Waals surface area (Å²) < 4.78 is 1.78. The summed E-state index contributed by atoms with van der Waals surface area (Å²) in [5, 5.41) is 5.21. The average Bonchev–Trinajstić information content (AvgIpc) is 3.04. The van der Waals surface area contributed by atoms with E-state index >= 15 is 0 Å². The Labute approximate surface area is 140 Å². The molecule has 6 nitrogen and oxygen atoms in total. The van der Waals surface area contributed by atoms with Crippen LogP contribution in [-0.4, -0.2) is 37.1 Å². The number of carbonyl (C=O) groups is 1. The maximum Gasteiger partial charge on any atom is 0.222 e. The number of carbonyl (C=O) groups excluding carboxylic acids is 1. The molecule has 0 aliphatic carbocycles. The fourth-order valence-electron chi connectivity index (χ4n) is 3.19. The Morgan fingerprint density at radius 2 is 2.12 bits per heavy atom. The summed E-state index contributed by atoms with van der Waals surface area (Å²) in [4.78, 5) is 23.1. The second-order valence-electron chi connectivity index (χ2n) is 6.19. The summed E-state index contributed by atoms with van der Waals surface area (Å²) in [5.41, 5.74) is 5.00. The van der Waals surface area contributed by atoms with Gasteiger partial charge in [0.05, 0.1) is 6.20 Å². The van der Waals surface area contributed by atoms with Gasteiger partial charge in [-0.25, -0.2) is 9.97 Å². The van der Waals surface area contributed by atoms with Crippen molar-refractivity contribution in [3.05, 3.63) is 42.0 Å². The van der Waals surface area contributed by atoms with Crippen molar-refractivity contribution in [2.24, 2.45) is 7.05 Å². The smallest absolute Gasteiger partial charge is 0.222 e. The summed E-state index contributed by atoms with van der Waals surface area (Å²) in [6, 6.07) is 4.22. The van der Waals surface area contributed by atoms with Crippen molar-refractivity contribution in [2.45, 2.75) is 26.3 Å². The Balaban J connectivity index is 1.74. The van der Waals surface area contributed by atoms with Crippen molar-refractivity contribution in [1.29, 1.82) is 0 Å². The van der Waals surface area contributed by atoms with E-state index in [1.54, 1.807) is 4.68 Å². The lowest BCUT2D eigenvalue weighted by atomic mass is 10.0. The number of amides is 1. The average molecular weight is 321 g/mol. The van der Waals surface area contributed by atoms with Crippen molar-refractivity contribution in [3.8, 4) is 11.1 Å². The van der Waals surface area contributed by atoms with Gasteiger partial charge in [-0.05, 0) is 17.7 Å². The Morgan fingerprint density at radius 3 is 2.88 bits per heavy atom. The molecule has 1 amide bonds. The standard InChI is InChI=1S/C18H19N5O/c1-3-17(24)23-5-4-16-14(11-23)7-12-6-13(8-19-18(12)21-16)15-9-20-22(2)10-15/h6-10H,3-5,11H2,1-2H3. The summed E-state index contributed by atoms with van der Waals surface area (Å²) in [6.07, 6.45) is 6.98. The van der Waals surface area contributed by atoms with Crippen LogP contribution in [0.3, 0.4) is 0 Å². The molecule has 0 saturated carbocycles. The zero-order valence-electron chi connectivity index (χ0n) is 13.9. The van der Waals surface area contributed by atoms with Crippen LogP contribution in [-0.2, 0) is 24.8 Å². The van der Waals surface area contributed by atoms with E-state index in [1.807, 2.05) is 37.5 Å². The topological polar surface area (TPSA) is 63.9 Å². The van der Waals surface area contributed by atoms with Crippen LogP contribution in [0.5, 0.6) is 0 Å². The number of aryl methyl sites for hydroxylation is 1.